The number of aromatic hydroxyl groups is 1. The third-order valence-corrected chi connectivity index (χ3v) is 8.17. The van der Waals surface area contributed by atoms with Gasteiger partial charge in [-0.2, -0.15) is 9.37 Å². The standard InChI is InChI=1S/C29H30FN3O6S/c1-18(2)39-17-25-32-28(34)26(29(35)33(25)24(16-38-4)21-8-6-5-7-9-21)40(36,37)22-12-10-20(11-13-22)23-14-15-31-27(30)19(23)3/h5-15,18,24,34H,16-17H2,1-4H3/t24-/m0/s1. The number of ether oxygens (including phenoxy) is 2. The van der Waals surface area contributed by atoms with Crippen molar-refractivity contribution in [3.05, 3.63) is 100 Å². The lowest BCUT2D eigenvalue weighted by atomic mass is 10.0. The van der Waals surface area contributed by atoms with Crippen LogP contribution >= 0.6 is 0 Å². The minimum absolute atomic E-state index is 0.0289. The van der Waals surface area contributed by atoms with Crippen molar-refractivity contribution in [1.82, 2.24) is 14.5 Å². The molecule has 0 radical (unpaired) electrons. The monoisotopic (exact) mass is 567 g/mol. The molecule has 1 N–H and O–H groups in total. The molecule has 2 aromatic carbocycles. The van der Waals surface area contributed by atoms with Crippen LogP contribution < -0.4 is 5.56 Å². The van der Waals surface area contributed by atoms with Gasteiger partial charge >= 0.3 is 0 Å². The van der Waals surface area contributed by atoms with Crippen LogP contribution in [0.3, 0.4) is 0 Å². The Morgan fingerprint density at radius 2 is 1.73 bits per heavy atom. The summed E-state index contributed by atoms with van der Waals surface area (Å²) in [6, 6.07) is 15.4. The Hall–Kier alpha value is -3.93. The fraction of sp³-hybridized carbons (Fsp3) is 0.276. The summed E-state index contributed by atoms with van der Waals surface area (Å²) in [6.07, 6.45) is 1.10. The van der Waals surface area contributed by atoms with Crippen LogP contribution in [0, 0.1) is 12.9 Å². The smallest absolute Gasteiger partial charge is 0.277 e. The minimum atomic E-state index is -4.53. The molecule has 0 aliphatic heterocycles. The van der Waals surface area contributed by atoms with E-state index < -0.39 is 38.2 Å². The maximum absolute atomic E-state index is 14.0. The molecule has 0 bridgehead atoms. The van der Waals surface area contributed by atoms with Gasteiger partial charge in [0.15, 0.2) is 4.90 Å². The van der Waals surface area contributed by atoms with Crippen LogP contribution in [0.5, 0.6) is 5.88 Å². The minimum Gasteiger partial charge on any atom is -0.492 e. The van der Waals surface area contributed by atoms with Gasteiger partial charge in [0, 0.05) is 18.9 Å². The first kappa shape index (κ1) is 29.1. The lowest BCUT2D eigenvalue weighted by molar-refractivity contribution is 0.0557. The van der Waals surface area contributed by atoms with E-state index in [-0.39, 0.29) is 30.0 Å². The third kappa shape index (κ3) is 5.81. The van der Waals surface area contributed by atoms with Crippen LogP contribution in [0.1, 0.15) is 36.8 Å². The number of sulfone groups is 1. The third-order valence-electron chi connectivity index (χ3n) is 6.38. The molecule has 0 spiro atoms. The molecule has 40 heavy (non-hydrogen) atoms. The lowest BCUT2D eigenvalue weighted by Crippen LogP contribution is -2.35. The highest BCUT2D eigenvalue weighted by Gasteiger charge is 2.32. The van der Waals surface area contributed by atoms with Gasteiger partial charge in [0.2, 0.25) is 21.7 Å². The average molecular weight is 568 g/mol. The molecule has 0 aliphatic carbocycles. The number of hydrogen-bond donors (Lipinski definition) is 1. The van der Waals surface area contributed by atoms with Crippen LogP contribution in [-0.4, -0.2) is 47.9 Å². The number of pyridine rings is 1. The Balaban J connectivity index is 1.87. The zero-order valence-corrected chi connectivity index (χ0v) is 23.4. The molecule has 4 rings (SSSR count). The van der Waals surface area contributed by atoms with E-state index in [0.717, 1.165) is 0 Å². The van der Waals surface area contributed by atoms with Gasteiger partial charge in [-0.1, -0.05) is 42.5 Å². The number of halogens is 1. The molecule has 0 unspecified atom stereocenters. The number of nitrogens with zero attached hydrogens (tertiary/aromatic N) is 3. The molecular weight excluding hydrogens is 537 g/mol. The second-order valence-electron chi connectivity index (χ2n) is 9.40. The predicted molar refractivity (Wildman–Crippen MR) is 146 cm³/mol. The zero-order valence-electron chi connectivity index (χ0n) is 22.5. The van der Waals surface area contributed by atoms with Gasteiger partial charge in [-0.25, -0.2) is 13.4 Å². The summed E-state index contributed by atoms with van der Waals surface area (Å²) in [4.78, 5) is 20.6. The number of benzene rings is 2. The molecule has 4 aromatic rings. The van der Waals surface area contributed by atoms with Gasteiger partial charge in [-0.3, -0.25) is 9.36 Å². The van der Waals surface area contributed by atoms with Crippen LogP contribution in [-0.2, 0) is 25.9 Å². The maximum atomic E-state index is 14.0. The quantitative estimate of drug-likeness (QED) is 0.279. The fourth-order valence-electron chi connectivity index (χ4n) is 4.36. The molecule has 210 valence electrons. The van der Waals surface area contributed by atoms with Gasteiger partial charge in [0.05, 0.1) is 23.6 Å². The Morgan fingerprint density at radius 3 is 2.35 bits per heavy atom. The van der Waals surface area contributed by atoms with Crippen LogP contribution in [0.2, 0.25) is 0 Å². The van der Waals surface area contributed by atoms with Crippen molar-refractivity contribution < 1.29 is 27.4 Å². The van der Waals surface area contributed by atoms with Crippen molar-refractivity contribution in [3.63, 3.8) is 0 Å². The molecule has 0 amide bonds. The van der Waals surface area contributed by atoms with E-state index in [0.29, 0.717) is 22.3 Å². The zero-order chi connectivity index (χ0) is 29.0. The molecule has 9 nitrogen and oxygen atoms in total. The first-order chi connectivity index (χ1) is 19.1. The van der Waals surface area contributed by atoms with Crippen LogP contribution in [0.15, 0.2) is 81.4 Å². The van der Waals surface area contributed by atoms with Gasteiger partial charge in [-0.05, 0) is 55.7 Å². The number of hydrogen-bond acceptors (Lipinski definition) is 8. The van der Waals surface area contributed by atoms with Crippen molar-refractivity contribution >= 4 is 9.84 Å². The molecule has 0 aliphatic rings. The van der Waals surface area contributed by atoms with Gasteiger partial charge in [0.1, 0.15) is 12.4 Å². The van der Waals surface area contributed by atoms with E-state index in [1.807, 2.05) is 6.07 Å². The van der Waals surface area contributed by atoms with E-state index >= 15 is 0 Å². The van der Waals surface area contributed by atoms with E-state index in [9.17, 15) is 22.7 Å². The Morgan fingerprint density at radius 1 is 1.05 bits per heavy atom. The predicted octanol–water partition coefficient (Wildman–Crippen LogP) is 4.45. The summed E-state index contributed by atoms with van der Waals surface area (Å²) in [6.45, 7) is 5.06. The van der Waals surface area contributed by atoms with Crippen molar-refractivity contribution in [2.75, 3.05) is 13.7 Å². The second-order valence-corrected chi connectivity index (χ2v) is 11.3. The van der Waals surface area contributed by atoms with Crippen LogP contribution in [0.25, 0.3) is 11.1 Å². The van der Waals surface area contributed by atoms with Crippen LogP contribution in [0.4, 0.5) is 4.39 Å². The molecule has 2 heterocycles. The largest absolute Gasteiger partial charge is 0.492 e. The van der Waals surface area contributed by atoms with Gasteiger partial charge in [0.25, 0.3) is 5.56 Å². The van der Waals surface area contributed by atoms with Gasteiger partial charge in [-0.15, -0.1) is 0 Å². The summed E-state index contributed by atoms with van der Waals surface area (Å²) >= 11 is 0. The fourth-order valence-corrected chi connectivity index (χ4v) is 5.70. The van der Waals surface area contributed by atoms with E-state index in [1.54, 1.807) is 51.1 Å². The van der Waals surface area contributed by atoms with Gasteiger partial charge < -0.3 is 14.6 Å². The summed E-state index contributed by atoms with van der Waals surface area (Å²) in [5.41, 5.74) is 1.13. The normalized spacial score (nSPS) is 12.6. The summed E-state index contributed by atoms with van der Waals surface area (Å²) in [5, 5.41) is 10.8. The molecule has 0 saturated heterocycles. The number of methoxy groups -OCH3 is 1. The van der Waals surface area contributed by atoms with E-state index in [2.05, 4.69) is 9.97 Å². The molecule has 0 fully saturated rings. The van der Waals surface area contributed by atoms with Crippen molar-refractivity contribution in [2.45, 2.75) is 49.3 Å². The summed E-state index contributed by atoms with van der Waals surface area (Å²) < 4.78 is 53.7. The molecular formula is C29H30FN3O6S. The molecule has 2 aromatic heterocycles. The maximum Gasteiger partial charge on any atom is 0.277 e. The summed E-state index contributed by atoms with van der Waals surface area (Å²) in [7, 11) is -3.07. The van der Waals surface area contributed by atoms with Crippen molar-refractivity contribution in [1.29, 1.82) is 0 Å². The SMILES string of the molecule is COC[C@@H](c1ccccc1)n1c(COC(C)C)nc(O)c(S(=O)(=O)c2ccc(-c3ccnc(F)c3C)cc2)c1=O. The topological polar surface area (TPSA) is 121 Å². The van der Waals surface area contributed by atoms with Crippen molar-refractivity contribution in [3.8, 4) is 17.0 Å². The molecule has 1 atom stereocenters. The molecule has 0 saturated carbocycles. The van der Waals surface area contributed by atoms with E-state index in [4.69, 9.17) is 9.47 Å². The first-order valence-corrected chi connectivity index (χ1v) is 14.0. The van der Waals surface area contributed by atoms with Crippen molar-refractivity contribution in [2.24, 2.45) is 0 Å². The highest BCUT2D eigenvalue weighted by atomic mass is 32.2. The second kappa shape index (κ2) is 12.1. The Kier molecular flexibility index (Phi) is 8.77. The Bertz CT molecular complexity index is 1660. The molecule has 11 heteroatoms. The highest BCUT2D eigenvalue weighted by molar-refractivity contribution is 7.91. The number of aromatic nitrogens is 3. The summed E-state index contributed by atoms with van der Waals surface area (Å²) in [5.74, 6) is -1.51. The van der Waals surface area contributed by atoms with E-state index in [1.165, 1.54) is 42.1 Å². The highest BCUT2D eigenvalue weighted by Crippen LogP contribution is 2.30. The first-order valence-electron chi connectivity index (χ1n) is 12.5. The average Bonchev–Trinajstić information content (AvgIpc) is 2.93. The lowest BCUT2D eigenvalue weighted by Gasteiger charge is -2.24. The Labute approximate surface area is 231 Å². The number of rotatable bonds is 10.